The van der Waals surface area contributed by atoms with Gasteiger partial charge in [0.15, 0.2) is 0 Å². The number of nitro groups is 1. The van der Waals surface area contributed by atoms with Gasteiger partial charge in [-0.1, -0.05) is 36.4 Å². The second kappa shape index (κ2) is 9.65. The van der Waals surface area contributed by atoms with Crippen LogP contribution in [0.5, 0.6) is 11.5 Å². The highest BCUT2D eigenvalue weighted by Crippen LogP contribution is 2.16. The summed E-state index contributed by atoms with van der Waals surface area (Å²) >= 11 is 0. The van der Waals surface area contributed by atoms with E-state index in [1.807, 2.05) is 12.1 Å². The lowest BCUT2D eigenvalue weighted by atomic mass is 10.2. The van der Waals surface area contributed by atoms with E-state index in [0.717, 1.165) is 0 Å². The number of para-hydroxylation sites is 2. The highest BCUT2D eigenvalue weighted by Gasteiger charge is 2.22. The molecule has 0 heterocycles. The third kappa shape index (κ3) is 5.90. The van der Waals surface area contributed by atoms with Crippen molar-refractivity contribution in [3.63, 3.8) is 0 Å². The van der Waals surface area contributed by atoms with Gasteiger partial charge in [-0.2, -0.15) is 5.10 Å². The van der Waals surface area contributed by atoms with Crippen LogP contribution < -0.4 is 14.9 Å². The summed E-state index contributed by atoms with van der Waals surface area (Å²) in [5.74, 6) is 0.307. The van der Waals surface area contributed by atoms with Crippen LogP contribution in [0.2, 0.25) is 0 Å². The van der Waals surface area contributed by atoms with Gasteiger partial charge in [0, 0.05) is 12.1 Å². The lowest BCUT2D eigenvalue weighted by Crippen LogP contribution is -2.40. The Bertz CT molecular complexity index is 935. The molecule has 0 aliphatic heterocycles. The first-order valence-electron chi connectivity index (χ1n) is 8.62. The molecule has 0 atom stereocenters. The van der Waals surface area contributed by atoms with Gasteiger partial charge in [-0.15, -0.1) is 0 Å². The molecule has 0 aliphatic carbocycles. The Balaban J connectivity index is 1.67. The molecule has 8 heteroatoms. The van der Waals surface area contributed by atoms with Crippen LogP contribution in [0.1, 0.15) is 5.56 Å². The van der Waals surface area contributed by atoms with Crippen LogP contribution in [-0.4, -0.2) is 23.3 Å². The summed E-state index contributed by atoms with van der Waals surface area (Å²) in [5, 5.41) is 14.5. The van der Waals surface area contributed by atoms with Crippen molar-refractivity contribution >= 4 is 17.8 Å². The maximum Gasteiger partial charge on any atom is 0.323 e. The molecular formula is C21H17N3O5. The summed E-state index contributed by atoms with van der Waals surface area (Å²) in [6.45, 7) is 0. The lowest BCUT2D eigenvalue weighted by Gasteiger charge is -2.18. The SMILES string of the molecule is O=C(N/N=C\c1ccc([N+](=O)[O-])cc1)C(Oc1ccccc1)Oc1ccccc1. The highest BCUT2D eigenvalue weighted by atomic mass is 16.7. The van der Waals surface area contributed by atoms with Gasteiger partial charge in [-0.25, -0.2) is 5.43 Å². The Morgan fingerprint density at radius 2 is 1.41 bits per heavy atom. The molecule has 146 valence electrons. The molecule has 0 radical (unpaired) electrons. The van der Waals surface area contributed by atoms with Gasteiger partial charge in [-0.05, 0) is 42.0 Å². The van der Waals surface area contributed by atoms with E-state index < -0.39 is 17.1 Å². The number of benzene rings is 3. The Morgan fingerprint density at radius 1 is 0.897 bits per heavy atom. The Hall–Kier alpha value is -4.20. The summed E-state index contributed by atoms with van der Waals surface area (Å²) < 4.78 is 11.3. The molecule has 3 aromatic carbocycles. The maximum atomic E-state index is 12.5. The number of rotatable bonds is 8. The average Bonchev–Trinajstić information content (AvgIpc) is 2.75. The zero-order chi connectivity index (χ0) is 20.5. The molecular weight excluding hydrogens is 374 g/mol. The van der Waals surface area contributed by atoms with E-state index >= 15 is 0 Å². The third-order valence-corrected chi connectivity index (χ3v) is 3.68. The summed E-state index contributed by atoms with van der Waals surface area (Å²) in [7, 11) is 0. The molecule has 29 heavy (non-hydrogen) atoms. The van der Waals surface area contributed by atoms with Crippen molar-refractivity contribution < 1.29 is 19.2 Å². The van der Waals surface area contributed by atoms with Crippen molar-refractivity contribution in [2.75, 3.05) is 0 Å². The van der Waals surface area contributed by atoms with Crippen molar-refractivity contribution in [2.45, 2.75) is 6.29 Å². The number of nitrogens with zero attached hydrogens (tertiary/aromatic N) is 2. The number of hydrogen-bond donors (Lipinski definition) is 1. The summed E-state index contributed by atoms with van der Waals surface area (Å²) in [6, 6.07) is 23.3. The molecule has 0 fully saturated rings. The van der Waals surface area contributed by atoms with Crippen molar-refractivity contribution in [1.82, 2.24) is 5.43 Å². The normalized spacial score (nSPS) is 10.7. The number of carbonyl (C=O) groups is 1. The number of hydrogen-bond acceptors (Lipinski definition) is 6. The van der Waals surface area contributed by atoms with Crippen LogP contribution in [0.3, 0.4) is 0 Å². The minimum Gasteiger partial charge on any atom is -0.446 e. The molecule has 0 aliphatic rings. The quantitative estimate of drug-likeness (QED) is 0.274. The van der Waals surface area contributed by atoms with Gasteiger partial charge >= 0.3 is 12.2 Å². The average molecular weight is 391 g/mol. The molecule has 3 rings (SSSR count). The monoisotopic (exact) mass is 391 g/mol. The largest absolute Gasteiger partial charge is 0.446 e. The van der Waals surface area contributed by atoms with Crippen LogP contribution in [-0.2, 0) is 4.79 Å². The molecule has 8 nitrogen and oxygen atoms in total. The predicted octanol–water partition coefficient (Wildman–Crippen LogP) is 3.53. The Labute approximate surface area is 166 Å². The number of nitrogens with one attached hydrogen (secondary N) is 1. The summed E-state index contributed by atoms with van der Waals surface area (Å²) in [5.41, 5.74) is 2.91. The number of non-ortho nitro benzene ring substituents is 1. The molecule has 3 aromatic rings. The van der Waals surface area contributed by atoms with Crippen molar-refractivity contribution in [3.8, 4) is 11.5 Å². The standard InChI is InChI=1S/C21H17N3O5/c25-20(23-22-15-16-11-13-17(14-12-16)24(26)27)21(28-18-7-3-1-4-8-18)29-19-9-5-2-6-10-19/h1-15,21H,(H,23,25)/b22-15-. The van der Waals surface area contributed by atoms with Gasteiger partial charge in [-0.3, -0.25) is 14.9 Å². The first-order valence-corrected chi connectivity index (χ1v) is 8.62. The van der Waals surface area contributed by atoms with E-state index in [2.05, 4.69) is 10.5 Å². The highest BCUT2D eigenvalue weighted by molar-refractivity contribution is 5.84. The van der Waals surface area contributed by atoms with Crippen LogP contribution in [0.4, 0.5) is 5.69 Å². The van der Waals surface area contributed by atoms with E-state index in [9.17, 15) is 14.9 Å². The maximum absolute atomic E-state index is 12.5. The molecule has 1 N–H and O–H groups in total. The molecule has 0 saturated heterocycles. The smallest absolute Gasteiger partial charge is 0.323 e. The Morgan fingerprint density at radius 3 is 1.90 bits per heavy atom. The van der Waals surface area contributed by atoms with E-state index in [0.29, 0.717) is 17.1 Å². The lowest BCUT2D eigenvalue weighted by molar-refractivity contribution is -0.384. The fourth-order valence-electron chi connectivity index (χ4n) is 2.28. The van der Waals surface area contributed by atoms with Gasteiger partial charge in [0.25, 0.3) is 5.69 Å². The van der Waals surface area contributed by atoms with Crippen LogP contribution in [0.25, 0.3) is 0 Å². The van der Waals surface area contributed by atoms with Crippen LogP contribution >= 0.6 is 0 Å². The minimum absolute atomic E-state index is 0.0289. The fraction of sp³-hybridized carbons (Fsp3) is 0.0476. The fourth-order valence-corrected chi connectivity index (χ4v) is 2.28. The van der Waals surface area contributed by atoms with Crippen LogP contribution in [0, 0.1) is 10.1 Å². The molecule has 0 saturated carbocycles. The molecule has 0 aromatic heterocycles. The summed E-state index contributed by atoms with van der Waals surface area (Å²) in [4.78, 5) is 22.7. The Kier molecular flexibility index (Phi) is 6.51. The third-order valence-electron chi connectivity index (χ3n) is 3.68. The first-order chi connectivity index (χ1) is 14.1. The number of carbonyl (C=O) groups excluding carboxylic acids is 1. The zero-order valence-electron chi connectivity index (χ0n) is 15.2. The van der Waals surface area contributed by atoms with E-state index in [1.165, 1.54) is 30.5 Å². The molecule has 0 unspecified atom stereocenters. The summed E-state index contributed by atoms with van der Waals surface area (Å²) in [6.07, 6.45) is 0.0952. The van der Waals surface area contributed by atoms with E-state index in [1.54, 1.807) is 48.5 Å². The van der Waals surface area contributed by atoms with Gasteiger partial charge in [0.1, 0.15) is 11.5 Å². The molecule has 0 spiro atoms. The molecule has 0 bridgehead atoms. The van der Waals surface area contributed by atoms with E-state index in [-0.39, 0.29) is 5.69 Å². The van der Waals surface area contributed by atoms with Crippen LogP contribution in [0.15, 0.2) is 90.0 Å². The molecule has 1 amide bonds. The topological polar surface area (TPSA) is 103 Å². The van der Waals surface area contributed by atoms with Crippen molar-refractivity contribution in [3.05, 3.63) is 101 Å². The van der Waals surface area contributed by atoms with E-state index in [4.69, 9.17) is 9.47 Å². The zero-order valence-corrected chi connectivity index (χ0v) is 15.2. The van der Waals surface area contributed by atoms with Gasteiger partial charge in [0.2, 0.25) is 0 Å². The number of hydrazone groups is 1. The first kappa shape index (κ1) is 19.6. The number of ether oxygens (including phenoxy) is 2. The van der Waals surface area contributed by atoms with Gasteiger partial charge in [0.05, 0.1) is 11.1 Å². The van der Waals surface area contributed by atoms with Crippen molar-refractivity contribution in [1.29, 1.82) is 0 Å². The number of nitro benzene ring substituents is 1. The second-order valence-corrected chi connectivity index (χ2v) is 5.78. The minimum atomic E-state index is -1.27. The predicted molar refractivity (Wildman–Crippen MR) is 107 cm³/mol. The second-order valence-electron chi connectivity index (χ2n) is 5.78. The number of amides is 1. The van der Waals surface area contributed by atoms with Gasteiger partial charge < -0.3 is 9.47 Å². The van der Waals surface area contributed by atoms with Crippen molar-refractivity contribution in [2.24, 2.45) is 5.10 Å².